The molecule has 0 saturated carbocycles. The highest BCUT2D eigenvalue weighted by molar-refractivity contribution is 6.00. The van der Waals surface area contributed by atoms with Crippen LogP contribution in [0, 0.1) is 5.92 Å². The van der Waals surface area contributed by atoms with E-state index >= 15 is 0 Å². The van der Waals surface area contributed by atoms with Crippen molar-refractivity contribution >= 4 is 23.6 Å². The van der Waals surface area contributed by atoms with E-state index in [1.165, 1.54) is 0 Å². The number of piperidine rings is 2. The Morgan fingerprint density at radius 3 is 2.38 bits per heavy atom. The Labute approximate surface area is 172 Å². The summed E-state index contributed by atoms with van der Waals surface area (Å²) in [5.74, 6) is -0.188. The monoisotopic (exact) mass is 401 g/mol. The summed E-state index contributed by atoms with van der Waals surface area (Å²) in [5, 5.41) is 5.29. The Kier molecular flexibility index (Phi) is 6.45. The third kappa shape index (κ3) is 5.95. The summed E-state index contributed by atoms with van der Waals surface area (Å²) in [6.45, 7) is 8.07. The maximum atomic E-state index is 12.0. The smallest absolute Gasteiger partial charge is 0.407 e. The molecule has 2 fully saturated rings. The molecule has 0 aromatic heterocycles. The largest absolute Gasteiger partial charge is 0.444 e. The van der Waals surface area contributed by atoms with E-state index in [0.29, 0.717) is 25.3 Å². The van der Waals surface area contributed by atoms with Crippen LogP contribution in [0.15, 0.2) is 24.3 Å². The standard InChI is InChI=1S/C22H31N3O4/c1-22(2,3)29-21(28)23-14-15-10-12-25(13-11-15)17-6-4-16(5-7-17)18-8-9-19(26)24-20(18)27/h4-7,15,18H,8-14H2,1-3H3,(H,23,28)(H,24,26,27). The van der Waals surface area contributed by atoms with Gasteiger partial charge in [-0.15, -0.1) is 0 Å². The highest BCUT2D eigenvalue weighted by Gasteiger charge is 2.28. The molecule has 2 N–H and O–H groups in total. The van der Waals surface area contributed by atoms with Gasteiger partial charge in [-0.1, -0.05) is 12.1 Å². The van der Waals surface area contributed by atoms with Crippen LogP contribution in [0.4, 0.5) is 10.5 Å². The number of amides is 3. The maximum absolute atomic E-state index is 12.0. The maximum Gasteiger partial charge on any atom is 0.407 e. The molecular formula is C22H31N3O4. The zero-order chi connectivity index (χ0) is 21.0. The summed E-state index contributed by atoms with van der Waals surface area (Å²) in [5.41, 5.74) is 1.61. The summed E-state index contributed by atoms with van der Waals surface area (Å²) in [7, 11) is 0. The zero-order valence-electron chi connectivity index (χ0n) is 17.5. The predicted molar refractivity (Wildman–Crippen MR) is 111 cm³/mol. The Bertz CT molecular complexity index is 746. The average Bonchev–Trinajstić information content (AvgIpc) is 2.66. The van der Waals surface area contributed by atoms with Gasteiger partial charge in [-0.25, -0.2) is 4.79 Å². The number of ether oxygens (including phenoxy) is 1. The molecule has 0 spiro atoms. The van der Waals surface area contributed by atoms with Gasteiger partial charge in [0.25, 0.3) is 0 Å². The second-order valence-corrected chi connectivity index (χ2v) is 8.91. The van der Waals surface area contributed by atoms with Gasteiger partial charge in [0.1, 0.15) is 5.60 Å². The topological polar surface area (TPSA) is 87.7 Å². The second kappa shape index (κ2) is 8.84. The van der Waals surface area contributed by atoms with Gasteiger partial charge < -0.3 is 15.0 Å². The first-order valence-corrected chi connectivity index (χ1v) is 10.4. The predicted octanol–water partition coefficient (Wildman–Crippen LogP) is 2.95. The lowest BCUT2D eigenvalue weighted by atomic mass is 9.90. The zero-order valence-corrected chi connectivity index (χ0v) is 17.5. The van der Waals surface area contributed by atoms with Crippen LogP contribution in [0.25, 0.3) is 0 Å². The van der Waals surface area contributed by atoms with Crippen molar-refractivity contribution in [2.24, 2.45) is 5.92 Å². The molecule has 158 valence electrons. The van der Waals surface area contributed by atoms with E-state index in [1.807, 2.05) is 32.9 Å². The number of carbonyl (C=O) groups excluding carboxylic acids is 3. The molecule has 7 nitrogen and oxygen atoms in total. The van der Waals surface area contributed by atoms with Crippen LogP contribution >= 0.6 is 0 Å². The van der Waals surface area contributed by atoms with E-state index in [-0.39, 0.29) is 23.8 Å². The lowest BCUT2D eigenvalue weighted by Gasteiger charge is -2.34. The minimum absolute atomic E-state index is 0.188. The third-order valence-corrected chi connectivity index (χ3v) is 5.45. The fraction of sp³-hybridized carbons (Fsp3) is 0.591. The van der Waals surface area contributed by atoms with Gasteiger partial charge in [-0.3, -0.25) is 14.9 Å². The first kappa shape index (κ1) is 21.1. The number of alkyl carbamates (subject to hydrolysis) is 1. The number of anilines is 1. The van der Waals surface area contributed by atoms with Crippen LogP contribution in [0.2, 0.25) is 0 Å². The Morgan fingerprint density at radius 2 is 1.79 bits per heavy atom. The van der Waals surface area contributed by atoms with Crippen molar-refractivity contribution < 1.29 is 19.1 Å². The molecule has 1 aromatic carbocycles. The van der Waals surface area contributed by atoms with Crippen molar-refractivity contribution in [2.45, 2.75) is 58.0 Å². The van der Waals surface area contributed by atoms with E-state index in [0.717, 1.165) is 37.2 Å². The average molecular weight is 402 g/mol. The lowest BCUT2D eigenvalue weighted by molar-refractivity contribution is -0.134. The van der Waals surface area contributed by atoms with Gasteiger partial charge in [0.05, 0.1) is 5.92 Å². The van der Waals surface area contributed by atoms with E-state index in [2.05, 4.69) is 27.7 Å². The van der Waals surface area contributed by atoms with Crippen molar-refractivity contribution in [1.82, 2.24) is 10.6 Å². The molecule has 0 radical (unpaired) electrons. The first-order chi connectivity index (χ1) is 13.7. The van der Waals surface area contributed by atoms with Gasteiger partial charge in [0.15, 0.2) is 0 Å². The van der Waals surface area contributed by atoms with Crippen molar-refractivity contribution in [1.29, 1.82) is 0 Å². The molecule has 0 aliphatic carbocycles. The number of hydrogen-bond donors (Lipinski definition) is 2. The van der Waals surface area contributed by atoms with Gasteiger partial charge in [0.2, 0.25) is 11.8 Å². The fourth-order valence-electron chi connectivity index (χ4n) is 3.87. The van der Waals surface area contributed by atoms with Crippen molar-refractivity contribution in [2.75, 3.05) is 24.5 Å². The molecule has 29 heavy (non-hydrogen) atoms. The third-order valence-electron chi connectivity index (χ3n) is 5.45. The normalized spacial score (nSPS) is 20.9. The molecule has 3 amide bonds. The molecule has 2 aliphatic rings. The van der Waals surface area contributed by atoms with E-state index in [1.54, 1.807) is 0 Å². The summed E-state index contributed by atoms with van der Waals surface area (Å²) < 4.78 is 5.29. The molecule has 3 rings (SSSR count). The number of nitrogens with one attached hydrogen (secondary N) is 2. The van der Waals surface area contributed by atoms with Crippen LogP contribution in [-0.2, 0) is 14.3 Å². The molecule has 1 aromatic rings. The molecule has 0 bridgehead atoms. The number of nitrogens with zero attached hydrogens (tertiary/aromatic N) is 1. The van der Waals surface area contributed by atoms with Crippen molar-refractivity contribution in [3.8, 4) is 0 Å². The summed E-state index contributed by atoms with van der Waals surface area (Å²) in [6, 6.07) is 8.09. The molecule has 2 saturated heterocycles. The van der Waals surface area contributed by atoms with E-state index < -0.39 is 5.60 Å². The van der Waals surface area contributed by atoms with Crippen LogP contribution in [-0.4, -0.2) is 43.1 Å². The first-order valence-electron chi connectivity index (χ1n) is 10.4. The summed E-state index contributed by atoms with van der Waals surface area (Å²) in [6.07, 6.45) is 2.61. The highest BCUT2D eigenvalue weighted by atomic mass is 16.6. The fourth-order valence-corrected chi connectivity index (χ4v) is 3.87. The van der Waals surface area contributed by atoms with Crippen LogP contribution in [0.5, 0.6) is 0 Å². The molecule has 1 atom stereocenters. The Morgan fingerprint density at radius 1 is 1.14 bits per heavy atom. The number of carbonyl (C=O) groups is 3. The lowest BCUT2D eigenvalue weighted by Crippen LogP contribution is -2.40. The summed E-state index contributed by atoms with van der Waals surface area (Å²) >= 11 is 0. The molecule has 2 aliphatic heterocycles. The van der Waals surface area contributed by atoms with Crippen LogP contribution < -0.4 is 15.5 Å². The van der Waals surface area contributed by atoms with E-state index in [9.17, 15) is 14.4 Å². The van der Waals surface area contributed by atoms with Gasteiger partial charge in [-0.2, -0.15) is 0 Å². The number of imide groups is 1. The van der Waals surface area contributed by atoms with E-state index in [4.69, 9.17) is 4.74 Å². The second-order valence-electron chi connectivity index (χ2n) is 8.91. The number of rotatable bonds is 4. The molecule has 2 heterocycles. The van der Waals surface area contributed by atoms with Gasteiger partial charge in [0, 0.05) is 31.7 Å². The Hall–Kier alpha value is -2.57. The minimum atomic E-state index is -0.479. The SMILES string of the molecule is CC(C)(C)OC(=O)NCC1CCN(c2ccc(C3CCC(=O)NC3=O)cc2)CC1. The van der Waals surface area contributed by atoms with Crippen molar-refractivity contribution in [3.05, 3.63) is 29.8 Å². The van der Waals surface area contributed by atoms with Gasteiger partial charge >= 0.3 is 6.09 Å². The van der Waals surface area contributed by atoms with Crippen molar-refractivity contribution in [3.63, 3.8) is 0 Å². The number of benzene rings is 1. The Balaban J connectivity index is 1.47. The van der Waals surface area contributed by atoms with Crippen LogP contribution in [0.1, 0.15) is 57.9 Å². The minimum Gasteiger partial charge on any atom is -0.444 e. The molecule has 7 heteroatoms. The summed E-state index contributed by atoms with van der Waals surface area (Å²) in [4.78, 5) is 37.5. The van der Waals surface area contributed by atoms with Gasteiger partial charge in [-0.05, 0) is 63.6 Å². The number of hydrogen-bond acceptors (Lipinski definition) is 5. The van der Waals surface area contributed by atoms with Crippen LogP contribution in [0.3, 0.4) is 0 Å². The highest BCUT2D eigenvalue weighted by Crippen LogP contribution is 2.28. The molecular weight excluding hydrogens is 370 g/mol. The quantitative estimate of drug-likeness (QED) is 0.758. The molecule has 1 unspecified atom stereocenters.